The van der Waals surface area contributed by atoms with Gasteiger partial charge in [-0.25, -0.2) is 0 Å². The van der Waals surface area contributed by atoms with Crippen LogP contribution in [-0.2, 0) is 4.79 Å². The number of amides is 1. The van der Waals surface area contributed by atoms with Gasteiger partial charge in [0, 0.05) is 17.6 Å². The van der Waals surface area contributed by atoms with Gasteiger partial charge in [0.2, 0.25) is 0 Å². The molecule has 5 heteroatoms. The van der Waals surface area contributed by atoms with Crippen molar-refractivity contribution in [2.24, 2.45) is 5.92 Å². The second-order valence-corrected chi connectivity index (χ2v) is 7.11. The van der Waals surface area contributed by atoms with Crippen LogP contribution in [0, 0.1) is 5.92 Å². The number of rotatable bonds is 3. The van der Waals surface area contributed by atoms with Gasteiger partial charge < -0.3 is 9.64 Å². The van der Waals surface area contributed by atoms with Gasteiger partial charge in [-0.3, -0.25) is 4.79 Å². The van der Waals surface area contributed by atoms with Gasteiger partial charge in [0.15, 0.2) is 6.10 Å². The maximum atomic E-state index is 12.4. The summed E-state index contributed by atoms with van der Waals surface area (Å²) in [5, 5.41) is 0. The summed E-state index contributed by atoms with van der Waals surface area (Å²) in [7, 11) is 0. The maximum absolute atomic E-state index is 12.4. The zero-order valence-electron chi connectivity index (χ0n) is 11.7. The van der Waals surface area contributed by atoms with Crippen LogP contribution in [0.2, 0.25) is 0 Å². The molecule has 2 rings (SSSR count). The molecular formula is C15H19Br2NO2. The molecule has 0 saturated carbocycles. The van der Waals surface area contributed by atoms with E-state index in [2.05, 4.69) is 38.8 Å². The highest BCUT2D eigenvalue weighted by Crippen LogP contribution is 2.29. The molecule has 1 amide bonds. The molecule has 20 heavy (non-hydrogen) atoms. The first-order chi connectivity index (χ1) is 9.47. The molecule has 1 aromatic rings. The smallest absolute Gasteiger partial charge is 0.263 e. The first-order valence-corrected chi connectivity index (χ1v) is 8.46. The molecule has 1 fully saturated rings. The first kappa shape index (κ1) is 15.8. The van der Waals surface area contributed by atoms with Crippen LogP contribution in [0.1, 0.15) is 26.7 Å². The van der Waals surface area contributed by atoms with Crippen molar-refractivity contribution in [3.63, 3.8) is 0 Å². The van der Waals surface area contributed by atoms with Gasteiger partial charge in [-0.15, -0.1) is 0 Å². The summed E-state index contributed by atoms with van der Waals surface area (Å²) < 4.78 is 7.60. The monoisotopic (exact) mass is 403 g/mol. The van der Waals surface area contributed by atoms with Gasteiger partial charge in [0.1, 0.15) is 5.75 Å². The van der Waals surface area contributed by atoms with E-state index < -0.39 is 6.10 Å². The summed E-state index contributed by atoms with van der Waals surface area (Å²) in [6.07, 6.45) is 1.71. The normalized spacial score (nSPS) is 17.9. The third-order valence-electron chi connectivity index (χ3n) is 3.64. The van der Waals surface area contributed by atoms with E-state index in [4.69, 9.17) is 4.74 Å². The topological polar surface area (TPSA) is 29.5 Å². The molecule has 0 aliphatic carbocycles. The molecule has 1 aliphatic rings. The third-order valence-corrected chi connectivity index (χ3v) is 4.75. The van der Waals surface area contributed by atoms with E-state index in [9.17, 15) is 4.79 Å². The number of halogens is 2. The molecule has 1 heterocycles. The van der Waals surface area contributed by atoms with Crippen LogP contribution in [0.25, 0.3) is 0 Å². The molecule has 1 saturated heterocycles. The SMILES string of the molecule is CC1CCN(C(=O)[C@@H](C)Oc2ccc(Br)cc2Br)CC1. The molecular weight excluding hydrogens is 386 g/mol. The standard InChI is InChI=1S/C15H19Br2NO2/c1-10-5-7-18(8-6-10)15(19)11(2)20-14-4-3-12(16)9-13(14)17/h3-4,9-11H,5-8H2,1-2H3/t11-/m1/s1. The van der Waals surface area contributed by atoms with Crippen molar-refractivity contribution in [2.75, 3.05) is 13.1 Å². The first-order valence-electron chi connectivity index (χ1n) is 6.88. The lowest BCUT2D eigenvalue weighted by atomic mass is 9.99. The van der Waals surface area contributed by atoms with Crippen LogP contribution in [0.4, 0.5) is 0 Å². The van der Waals surface area contributed by atoms with Gasteiger partial charge >= 0.3 is 0 Å². The zero-order valence-corrected chi connectivity index (χ0v) is 14.9. The van der Waals surface area contributed by atoms with E-state index >= 15 is 0 Å². The largest absolute Gasteiger partial charge is 0.480 e. The minimum absolute atomic E-state index is 0.0757. The van der Waals surface area contributed by atoms with Crippen LogP contribution >= 0.6 is 31.9 Å². The van der Waals surface area contributed by atoms with Gasteiger partial charge in [0.05, 0.1) is 4.47 Å². The minimum atomic E-state index is -0.458. The highest BCUT2D eigenvalue weighted by Gasteiger charge is 2.25. The van der Waals surface area contributed by atoms with Gasteiger partial charge in [0.25, 0.3) is 5.91 Å². The van der Waals surface area contributed by atoms with E-state index in [-0.39, 0.29) is 5.91 Å². The van der Waals surface area contributed by atoms with Crippen molar-refractivity contribution in [3.05, 3.63) is 27.1 Å². The average molecular weight is 405 g/mol. The summed E-state index contributed by atoms with van der Waals surface area (Å²) in [4.78, 5) is 14.3. The number of ether oxygens (including phenoxy) is 1. The molecule has 3 nitrogen and oxygen atoms in total. The summed E-state index contributed by atoms with van der Waals surface area (Å²) in [6, 6.07) is 5.67. The Balaban J connectivity index is 1.97. The summed E-state index contributed by atoms with van der Waals surface area (Å²) in [5.74, 6) is 1.49. The molecule has 1 aromatic carbocycles. The number of carbonyl (C=O) groups is 1. The van der Waals surface area contributed by atoms with Crippen molar-refractivity contribution in [2.45, 2.75) is 32.8 Å². The van der Waals surface area contributed by atoms with Crippen LogP contribution in [-0.4, -0.2) is 30.0 Å². The van der Waals surface area contributed by atoms with E-state index in [1.807, 2.05) is 30.0 Å². The highest BCUT2D eigenvalue weighted by molar-refractivity contribution is 9.11. The van der Waals surface area contributed by atoms with Crippen LogP contribution in [0.5, 0.6) is 5.75 Å². The molecule has 0 bridgehead atoms. The second-order valence-electron chi connectivity index (χ2n) is 5.34. The lowest BCUT2D eigenvalue weighted by molar-refractivity contribution is -0.139. The number of hydrogen-bond donors (Lipinski definition) is 0. The van der Waals surface area contributed by atoms with E-state index in [1.165, 1.54) is 0 Å². The van der Waals surface area contributed by atoms with E-state index in [0.717, 1.165) is 40.8 Å². The second kappa shape index (κ2) is 6.94. The summed E-state index contributed by atoms with van der Waals surface area (Å²) in [5.41, 5.74) is 0. The van der Waals surface area contributed by atoms with E-state index in [0.29, 0.717) is 5.75 Å². The highest BCUT2D eigenvalue weighted by atomic mass is 79.9. The van der Waals surface area contributed by atoms with Crippen molar-refractivity contribution < 1.29 is 9.53 Å². The third kappa shape index (κ3) is 3.98. The lowest BCUT2D eigenvalue weighted by Gasteiger charge is -2.32. The Bertz CT molecular complexity index is 485. The lowest BCUT2D eigenvalue weighted by Crippen LogP contribution is -2.44. The summed E-state index contributed by atoms with van der Waals surface area (Å²) >= 11 is 6.85. The fourth-order valence-corrected chi connectivity index (χ4v) is 3.44. The fraction of sp³-hybridized carbons (Fsp3) is 0.533. The number of likely N-dealkylation sites (tertiary alicyclic amines) is 1. The molecule has 0 spiro atoms. The quantitative estimate of drug-likeness (QED) is 0.753. The Kier molecular flexibility index (Phi) is 5.49. The Morgan fingerprint density at radius 1 is 1.35 bits per heavy atom. The molecule has 110 valence electrons. The number of carbonyl (C=O) groups excluding carboxylic acids is 1. The maximum Gasteiger partial charge on any atom is 0.263 e. The van der Waals surface area contributed by atoms with Gasteiger partial charge in [-0.2, -0.15) is 0 Å². The van der Waals surface area contributed by atoms with Crippen molar-refractivity contribution >= 4 is 37.8 Å². The Hall–Kier alpha value is -0.550. The molecule has 0 radical (unpaired) electrons. The van der Waals surface area contributed by atoms with Crippen molar-refractivity contribution in [1.29, 1.82) is 0 Å². The van der Waals surface area contributed by atoms with Crippen LogP contribution in [0.15, 0.2) is 27.1 Å². The van der Waals surface area contributed by atoms with E-state index in [1.54, 1.807) is 0 Å². The molecule has 0 N–H and O–H groups in total. The van der Waals surface area contributed by atoms with Crippen molar-refractivity contribution in [3.8, 4) is 5.75 Å². The summed E-state index contributed by atoms with van der Waals surface area (Å²) in [6.45, 7) is 5.74. The number of hydrogen-bond acceptors (Lipinski definition) is 2. The van der Waals surface area contributed by atoms with Crippen molar-refractivity contribution in [1.82, 2.24) is 4.90 Å². The van der Waals surface area contributed by atoms with Crippen LogP contribution in [0.3, 0.4) is 0 Å². The number of benzene rings is 1. The van der Waals surface area contributed by atoms with Crippen LogP contribution < -0.4 is 4.74 Å². The Morgan fingerprint density at radius 2 is 2.00 bits per heavy atom. The minimum Gasteiger partial charge on any atom is -0.480 e. The number of nitrogens with zero attached hydrogens (tertiary/aromatic N) is 1. The predicted molar refractivity (Wildman–Crippen MR) is 86.9 cm³/mol. The predicted octanol–water partition coefficient (Wildman–Crippen LogP) is 4.24. The molecule has 1 aliphatic heterocycles. The Labute approximate surface area is 136 Å². The van der Waals surface area contributed by atoms with Gasteiger partial charge in [-0.05, 0) is 59.8 Å². The fourth-order valence-electron chi connectivity index (χ4n) is 2.30. The average Bonchev–Trinajstić information content (AvgIpc) is 2.42. The number of piperidine rings is 1. The molecule has 1 atom stereocenters. The van der Waals surface area contributed by atoms with Gasteiger partial charge in [-0.1, -0.05) is 22.9 Å². The zero-order chi connectivity index (χ0) is 14.7. The Morgan fingerprint density at radius 3 is 2.60 bits per heavy atom. The molecule has 0 unspecified atom stereocenters. The molecule has 0 aromatic heterocycles.